The molecule has 0 atom stereocenters. The summed E-state index contributed by atoms with van der Waals surface area (Å²) in [6.45, 7) is 6.04. The molecule has 1 heterocycles. The van der Waals surface area contributed by atoms with Crippen molar-refractivity contribution in [3.8, 4) is 11.5 Å². The first-order valence-electron chi connectivity index (χ1n) is 11.1. The number of benzene rings is 2. The Labute approximate surface area is 190 Å². The highest BCUT2D eigenvalue weighted by Gasteiger charge is 2.23. The van der Waals surface area contributed by atoms with Crippen LogP contribution in [0.1, 0.15) is 42.6 Å². The molecule has 2 aromatic carbocycles. The van der Waals surface area contributed by atoms with Crippen molar-refractivity contribution < 1.29 is 19.1 Å². The van der Waals surface area contributed by atoms with E-state index in [4.69, 9.17) is 9.47 Å². The lowest BCUT2D eigenvalue weighted by Crippen LogP contribution is -2.46. The van der Waals surface area contributed by atoms with Crippen LogP contribution in [-0.4, -0.2) is 49.6 Å². The van der Waals surface area contributed by atoms with Gasteiger partial charge in [-0.1, -0.05) is 38.1 Å². The van der Waals surface area contributed by atoms with Crippen LogP contribution in [0.5, 0.6) is 11.5 Å². The van der Waals surface area contributed by atoms with E-state index in [9.17, 15) is 9.59 Å². The minimum atomic E-state index is -0.0648. The molecule has 0 unspecified atom stereocenters. The van der Waals surface area contributed by atoms with Crippen LogP contribution in [0.4, 0.5) is 0 Å². The van der Waals surface area contributed by atoms with Crippen LogP contribution in [0.25, 0.3) is 6.08 Å². The van der Waals surface area contributed by atoms with Gasteiger partial charge < -0.3 is 19.7 Å². The van der Waals surface area contributed by atoms with Gasteiger partial charge in [0.05, 0.1) is 13.7 Å². The van der Waals surface area contributed by atoms with E-state index in [0.29, 0.717) is 42.7 Å². The molecule has 2 amide bonds. The molecule has 1 aliphatic heterocycles. The van der Waals surface area contributed by atoms with Crippen LogP contribution in [0.15, 0.2) is 54.6 Å². The Kier molecular flexibility index (Phi) is 8.31. The van der Waals surface area contributed by atoms with Gasteiger partial charge in [-0.05, 0) is 54.7 Å². The van der Waals surface area contributed by atoms with Gasteiger partial charge in [0.15, 0.2) is 11.5 Å². The first kappa shape index (κ1) is 23.4. The van der Waals surface area contributed by atoms with E-state index in [1.165, 1.54) is 0 Å². The zero-order valence-electron chi connectivity index (χ0n) is 19.0. The third-order valence-electron chi connectivity index (χ3n) is 5.36. The van der Waals surface area contributed by atoms with Crippen molar-refractivity contribution in [2.45, 2.75) is 32.7 Å². The highest BCUT2D eigenvalue weighted by Crippen LogP contribution is 2.29. The fourth-order valence-corrected chi connectivity index (χ4v) is 3.54. The summed E-state index contributed by atoms with van der Waals surface area (Å²) in [6.07, 6.45) is 4.87. The molecule has 32 heavy (non-hydrogen) atoms. The lowest BCUT2D eigenvalue weighted by molar-refractivity contribution is -0.126. The van der Waals surface area contributed by atoms with Crippen molar-refractivity contribution >= 4 is 17.9 Å². The number of carbonyl (C=O) groups excluding carboxylic acids is 2. The Bertz CT molecular complexity index is 932. The van der Waals surface area contributed by atoms with E-state index in [2.05, 4.69) is 19.2 Å². The number of amides is 2. The lowest BCUT2D eigenvalue weighted by atomic mass is 10.0. The molecular weight excluding hydrogens is 404 g/mol. The second-order valence-corrected chi connectivity index (χ2v) is 8.39. The maximum absolute atomic E-state index is 12.6. The zero-order valence-corrected chi connectivity index (χ0v) is 19.0. The number of hydrogen-bond donors (Lipinski definition) is 1. The van der Waals surface area contributed by atoms with Crippen molar-refractivity contribution in [1.29, 1.82) is 0 Å². The summed E-state index contributed by atoms with van der Waals surface area (Å²) >= 11 is 0. The van der Waals surface area contributed by atoms with Gasteiger partial charge in [0.2, 0.25) is 5.91 Å². The van der Waals surface area contributed by atoms with Crippen molar-refractivity contribution in [3.05, 3.63) is 65.7 Å². The van der Waals surface area contributed by atoms with Crippen molar-refractivity contribution in [3.63, 3.8) is 0 Å². The molecule has 6 heteroatoms. The predicted octanol–water partition coefficient (Wildman–Crippen LogP) is 4.16. The molecule has 0 aromatic heterocycles. The van der Waals surface area contributed by atoms with Crippen molar-refractivity contribution in [2.24, 2.45) is 5.92 Å². The second kappa shape index (κ2) is 11.4. The Morgan fingerprint density at radius 2 is 1.81 bits per heavy atom. The highest BCUT2D eigenvalue weighted by molar-refractivity contribution is 5.94. The molecule has 1 fully saturated rings. The molecule has 0 bridgehead atoms. The van der Waals surface area contributed by atoms with Crippen LogP contribution < -0.4 is 14.8 Å². The van der Waals surface area contributed by atoms with E-state index < -0.39 is 0 Å². The lowest BCUT2D eigenvalue weighted by Gasteiger charge is -2.31. The largest absolute Gasteiger partial charge is 0.493 e. The van der Waals surface area contributed by atoms with Crippen LogP contribution in [-0.2, 0) is 4.79 Å². The molecule has 170 valence electrons. The number of ether oxygens (including phenoxy) is 2. The number of methoxy groups -OCH3 is 1. The molecule has 1 saturated heterocycles. The third-order valence-corrected chi connectivity index (χ3v) is 5.36. The van der Waals surface area contributed by atoms with E-state index in [1.807, 2.05) is 41.3 Å². The van der Waals surface area contributed by atoms with Gasteiger partial charge >= 0.3 is 0 Å². The Balaban J connectivity index is 1.50. The number of hydrogen-bond acceptors (Lipinski definition) is 4. The van der Waals surface area contributed by atoms with Gasteiger partial charge in [0.25, 0.3) is 5.91 Å². The fraction of sp³-hybridized carbons (Fsp3) is 0.385. The highest BCUT2D eigenvalue weighted by atomic mass is 16.5. The van der Waals surface area contributed by atoms with E-state index >= 15 is 0 Å². The normalized spacial score (nSPS) is 14.6. The summed E-state index contributed by atoms with van der Waals surface area (Å²) in [5, 5.41) is 3.07. The number of piperidine rings is 1. The SMILES string of the molecule is COc1cc(/C=C/C(=O)N2CCC(NC(=O)c3ccccc3)CC2)ccc1OCC(C)C. The minimum absolute atomic E-state index is 0.0306. The van der Waals surface area contributed by atoms with Crippen LogP contribution >= 0.6 is 0 Å². The van der Waals surface area contributed by atoms with Gasteiger partial charge in [-0.3, -0.25) is 9.59 Å². The predicted molar refractivity (Wildman–Crippen MR) is 126 cm³/mol. The fourth-order valence-electron chi connectivity index (χ4n) is 3.54. The summed E-state index contributed by atoms with van der Waals surface area (Å²) in [7, 11) is 1.61. The zero-order chi connectivity index (χ0) is 22.9. The van der Waals surface area contributed by atoms with Gasteiger partial charge in [-0.2, -0.15) is 0 Å². The van der Waals surface area contributed by atoms with Crippen molar-refractivity contribution in [2.75, 3.05) is 26.8 Å². The second-order valence-electron chi connectivity index (χ2n) is 8.39. The molecule has 1 aliphatic rings. The Hall–Kier alpha value is -3.28. The molecule has 1 N–H and O–H groups in total. The number of rotatable bonds is 8. The molecule has 6 nitrogen and oxygen atoms in total. The maximum Gasteiger partial charge on any atom is 0.251 e. The summed E-state index contributed by atoms with van der Waals surface area (Å²) in [5.41, 5.74) is 1.53. The van der Waals surface area contributed by atoms with Crippen LogP contribution in [0, 0.1) is 5.92 Å². The topological polar surface area (TPSA) is 67.9 Å². The van der Waals surface area contributed by atoms with E-state index in [1.54, 1.807) is 31.4 Å². The molecule has 0 spiro atoms. The van der Waals surface area contributed by atoms with Gasteiger partial charge in [0.1, 0.15) is 0 Å². The van der Waals surface area contributed by atoms with Crippen LogP contribution in [0.2, 0.25) is 0 Å². The summed E-state index contributed by atoms with van der Waals surface area (Å²) in [5.74, 6) is 1.68. The molecule has 0 saturated carbocycles. The number of nitrogens with zero attached hydrogens (tertiary/aromatic N) is 1. The van der Waals surface area contributed by atoms with E-state index in [-0.39, 0.29) is 17.9 Å². The van der Waals surface area contributed by atoms with Gasteiger partial charge in [0, 0.05) is 30.8 Å². The number of likely N-dealkylation sites (tertiary alicyclic amines) is 1. The monoisotopic (exact) mass is 436 g/mol. The standard InChI is InChI=1S/C26H32N2O4/c1-19(2)18-32-23-11-9-20(17-24(23)31-3)10-12-25(29)28-15-13-22(14-16-28)27-26(30)21-7-5-4-6-8-21/h4-12,17,19,22H,13-16,18H2,1-3H3,(H,27,30)/b12-10+. The van der Waals surface area contributed by atoms with Gasteiger partial charge in [-0.25, -0.2) is 0 Å². The number of nitrogens with one attached hydrogen (secondary N) is 1. The quantitative estimate of drug-likeness (QED) is 0.631. The molecular formula is C26H32N2O4. The first-order valence-corrected chi connectivity index (χ1v) is 11.1. The number of carbonyl (C=O) groups is 2. The first-order chi connectivity index (χ1) is 15.5. The molecule has 0 radical (unpaired) electrons. The van der Waals surface area contributed by atoms with Crippen LogP contribution in [0.3, 0.4) is 0 Å². The molecule has 3 rings (SSSR count). The smallest absolute Gasteiger partial charge is 0.251 e. The van der Waals surface area contributed by atoms with E-state index in [0.717, 1.165) is 18.4 Å². The third kappa shape index (κ3) is 6.61. The minimum Gasteiger partial charge on any atom is -0.493 e. The average Bonchev–Trinajstić information content (AvgIpc) is 2.82. The van der Waals surface area contributed by atoms with Gasteiger partial charge in [-0.15, -0.1) is 0 Å². The summed E-state index contributed by atoms with van der Waals surface area (Å²) in [6, 6.07) is 14.9. The summed E-state index contributed by atoms with van der Waals surface area (Å²) in [4.78, 5) is 26.8. The molecule has 2 aromatic rings. The maximum atomic E-state index is 12.6. The average molecular weight is 437 g/mol. The van der Waals surface area contributed by atoms with Crippen molar-refractivity contribution in [1.82, 2.24) is 10.2 Å². The molecule has 0 aliphatic carbocycles. The Morgan fingerprint density at radius 1 is 1.09 bits per heavy atom. The summed E-state index contributed by atoms with van der Waals surface area (Å²) < 4.78 is 11.2. The Morgan fingerprint density at radius 3 is 2.47 bits per heavy atom.